The molecule has 29 heavy (non-hydrogen) atoms. The van der Waals surface area contributed by atoms with Crippen molar-refractivity contribution in [3.63, 3.8) is 0 Å². The van der Waals surface area contributed by atoms with E-state index in [1.54, 1.807) is 18.7 Å². The highest BCUT2D eigenvalue weighted by molar-refractivity contribution is 7.99. The molecule has 1 saturated heterocycles. The van der Waals surface area contributed by atoms with Crippen molar-refractivity contribution in [2.45, 2.75) is 51.7 Å². The molecular weight excluding hydrogens is 386 g/mol. The molecule has 1 aromatic carbocycles. The summed E-state index contributed by atoms with van der Waals surface area (Å²) in [7, 11) is 0. The minimum Gasteiger partial charge on any atom is -0.339 e. The molecule has 1 unspecified atom stereocenters. The van der Waals surface area contributed by atoms with Gasteiger partial charge in [-0.05, 0) is 38.8 Å². The summed E-state index contributed by atoms with van der Waals surface area (Å²) in [6.07, 6.45) is 1.29. The molecule has 1 aliphatic rings. The predicted molar refractivity (Wildman–Crippen MR) is 114 cm³/mol. The highest BCUT2D eigenvalue weighted by atomic mass is 32.2. The molecule has 8 heteroatoms. The molecular formula is C21H29N5O2S. The molecule has 1 aromatic heterocycles. The minimum atomic E-state index is 0.0778. The van der Waals surface area contributed by atoms with Crippen LogP contribution in [0.1, 0.15) is 38.1 Å². The second-order valence-electron chi connectivity index (χ2n) is 7.50. The van der Waals surface area contributed by atoms with Gasteiger partial charge in [-0.3, -0.25) is 14.2 Å². The van der Waals surface area contributed by atoms with Gasteiger partial charge in [0, 0.05) is 44.8 Å². The fourth-order valence-electron chi connectivity index (χ4n) is 3.72. The maximum Gasteiger partial charge on any atom is 0.222 e. The SMILES string of the molecule is CC(=O)N1CCN(C(=O)CCCSc2nnc(C)n2-c2ccccc2C)CC1C. The third kappa shape index (κ3) is 4.98. The molecule has 156 valence electrons. The molecule has 2 heterocycles. The average Bonchev–Trinajstić information content (AvgIpc) is 3.05. The van der Waals surface area contributed by atoms with Crippen LogP contribution in [0.15, 0.2) is 29.4 Å². The first-order valence-corrected chi connectivity index (χ1v) is 11.0. The van der Waals surface area contributed by atoms with E-state index >= 15 is 0 Å². The Balaban J connectivity index is 1.51. The first kappa shape index (κ1) is 21.4. The second-order valence-corrected chi connectivity index (χ2v) is 8.57. The molecule has 1 fully saturated rings. The third-order valence-electron chi connectivity index (χ3n) is 5.30. The lowest BCUT2D eigenvalue weighted by Crippen LogP contribution is -2.54. The van der Waals surface area contributed by atoms with Crippen LogP contribution in [-0.4, -0.2) is 67.8 Å². The van der Waals surface area contributed by atoms with Crippen LogP contribution in [0.3, 0.4) is 0 Å². The van der Waals surface area contributed by atoms with Gasteiger partial charge in [0.15, 0.2) is 5.16 Å². The van der Waals surface area contributed by atoms with Gasteiger partial charge in [-0.2, -0.15) is 0 Å². The Bertz CT molecular complexity index is 882. The quantitative estimate of drug-likeness (QED) is 0.536. The number of aryl methyl sites for hydroxylation is 2. The van der Waals surface area contributed by atoms with E-state index in [4.69, 9.17) is 0 Å². The molecule has 7 nitrogen and oxygen atoms in total. The maximum atomic E-state index is 12.5. The molecule has 3 rings (SSSR count). The van der Waals surface area contributed by atoms with E-state index in [0.29, 0.717) is 26.1 Å². The Morgan fingerprint density at radius 1 is 1.17 bits per heavy atom. The zero-order valence-electron chi connectivity index (χ0n) is 17.6. The number of rotatable bonds is 6. The van der Waals surface area contributed by atoms with Gasteiger partial charge in [-0.25, -0.2) is 0 Å². The van der Waals surface area contributed by atoms with Gasteiger partial charge >= 0.3 is 0 Å². The van der Waals surface area contributed by atoms with Crippen LogP contribution in [0.4, 0.5) is 0 Å². The van der Waals surface area contributed by atoms with Crippen LogP contribution >= 0.6 is 11.8 Å². The Morgan fingerprint density at radius 3 is 2.62 bits per heavy atom. The molecule has 0 N–H and O–H groups in total. The highest BCUT2D eigenvalue weighted by Crippen LogP contribution is 2.24. The number of amides is 2. The van der Waals surface area contributed by atoms with Gasteiger partial charge in [0.2, 0.25) is 11.8 Å². The predicted octanol–water partition coefficient (Wildman–Crippen LogP) is 2.84. The average molecular weight is 416 g/mol. The summed E-state index contributed by atoms with van der Waals surface area (Å²) < 4.78 is 2.07. The van der Waals surface area contributed by atoms with Crippen molar-refractivity contribution in [2.75, 3.05) is 25.4 Å². The van der Waals surface area contributed by atoms with Crippen LogP contribution in [-0.2, 0) is 9.59 Å². The zero-order chi connectivity index (χ0) is 21.0. The molecule has 0 radical (unpaired) electrons. The second kappa shape index (κ2) is 9.43. The number of para-hydroxylation sites is 1. The van der Waals surface area contributed by atoms with E-state index in [2.05, 4.69) is 33.8 Å². The summed E-state index contributed by atoms with van der Waals surface area (Å²) in [6.45, 7) is 9.47. The molecule has 1 atom stereocenters. The van der Waals surface area contributed by atoms with Crippen LogP contribution in [0.25, 0.3) is 5.69 Å². The topological polar surface area (TPSA) is 71.3 Å². The molecule has 0 bridgehead atoms. The van der Waals surface area contributed by atoms with Gasteiger partial charge in [0.1, 0.15) is 5.82 Å². The number of carbonyl (C=O) groups is 2. The third-order valence-corrected chi connectivity index (χ3v) is 6.32. The Kier molecular flexibility index (Phi) is 6.95. The number of thioether (sulfide) groups is 1. The summed E-state index contributed by atoms with van der Waals surface area (Å²) in [6, 6.07) is 8.27. The maximum absolute atomic E-state index is 12.5. The number of nitrogens with zero attached hydrogens (tertiary/aromatic N) is 5. The first-order valence-electron chi connectivity index (χ1n) is 10.0. The van der Waals surface area contributed by atoms with Crippen molar-refractivity contribution in [3.8, 4) is 5.69 Å². The summed E-state index contributed by atoms with van der Waals surface area (Å²) in [5.41, 5.74) is 2.26. The molecule has 0 aliphatic carbocycles. The summed E-state index contributed by atoms with van der Waals surface area (Å²) in [4.78, 5) is 27.9. The van der Waals surface area contributed by atoms with Crippen molar-refractivity contribution in [1.29, 1.82) is 0 Å². The van der Waals surface area contributed by atoms with Crippen LogP contribution in [0, 0.1) is 13.8 Å². The Morgan fingerprint density at radius 2 is 1.93 bits per heavy atom. The number of hydrogen-bond acceptors (Lipinski definition) is 5. The van der Waals surface area contributed by atoms with Gasteiger partial charge in [0.05, 0.1) is 5.69 Å². The van der Waals surface area contributed by atoms with Gasteiger partial charge in [-0.1, -0.05) is 30.0 Å². The zero-order valence-corrected chi connectivity index (χ0v) is 18.4. The minimum absolute atomic E-state index is 0.0778. The number of benzene rings is 1. The number of piperazine rings is 1. The fourth-order valence-corrected chi connectivity index (χ4v) is 4.65. The molecule has 2 amide bonds. The van der Waals surface area contributed by atoms with E-state index in [1.807, 2.05) is 35.8 Å². The van der Waals surface area contributed by atoms with E-state index in [1.165, 1.54) is 5.56 Å². The number of carbonyl (C=O) groups excluding carboxylic acids is 2. The monoisotopic (exact) mass is 415 g/mol. The van der Waals surface area contributed by atoms with E-state index in [9.17, 15) is 9.59 Å². The number of hydrogen-bond donors (Lipinski definition) is 0. The van der Waals surface area contributed by atoms with Crippen LogP contribution < -0.4 is 0 Å². The Hall–Kier alpha value is -2.35. The summed E-state index contributed by atoms with van der Waals surface area (Å²) in [5, 5.41) is 9.41. The van der Waals surface area contributed by atoms with Crippen LogP contribution in [0.5, 0.6) is 0 Å². The van der Waals surface area contributed by atoms with Crippen molar-refractivity contribution in [1.82, 2.24) is 24.6 Å². The van der Waals surface area contributed by atoms with Crippen LogP contribution in [0.2, 0.25) is 0 Å². The molecule has 0 spiro atoms. The van der Waals surface area contributed by atoms with E-state index in [0.717, 1.165) is 28.8 Å². The van der Waals surface area contributed by atoms with Gasteiger partial charge in [0.25, 0.3) is 0 Å². The molecule has 2 aromatic rings. The number of aromatic nitrogens is 3. The lowest BCUT2D eigenvalue weighted by molar-refractivity contribution is -0.141. The molecule has 0 saturated carbocycles. The van der Waals surface area contributed by atoms with Crippen molar-refractivity contribution < 1.29 is 9.59 Å². The lowest BCUT2D eigenvalue weighted by Gasteiger charge is -2.39. The fraction of sp³-hybridized carbons (Fsp3) is 0.524. The van der Waals surface area contributed by atoms with E-state index in [-0.39, 0.29) is 17.9 Å². The highest BCUT2D eigenvalue weighted by Gasteiger charge is 2.27. The van der Waals surface area contributed by atoms with Crippen molar-refractivity contribution >= 4 is 23.6 Å². The van der Waals surface area contributed by atoms with Gasteiger partial charge in [-0.15, -0.1) is 10.2 Å². The standard InChI is InChI=1S/C21H29N5O2S/c1-15-8-5-6-9-19(15)26-17(3)22-23-21(26)29-13-7-10-20(28)24-11-12-25(18(4)27)16(2)14-24/h5-6,8-9,16H,7,10-14H2,1-4H3. The van der Waals surface area contributed by atoms with Gasteiger partial charge < -0.3 is 9.80 Å². The normalized spacial score (nSPS) is 16.9. The first-order chi connectivity index (χ1) is 13.9. The largest absolute Gasteiger partial charge is 0.339 e. The van der Waals surface area contributed by atoms with Crippen molar-refractivity contribution in [2.24, 2.45) is 0 Å². The van der Waals surface area contributed by atoms with E-state index < -0.39 is 0 Å². The Labute approximate surface area is 176 Å². The summed E-state index contributed by atoms with van der Waals surface area (Å²) >= 11 is 1.63. The molecule has 1 aliphatic heterocycles. The van der Waals surface area contributed by atoms with Crippen molar-refractivity contribution in [3.05, 3.63) is 35.7 Å². The summed E-state index contributed by atoms with van der Waals surface area (Å²) in [5.74, 6) is 1.90. The smallest absolute Gasteiger partial charge is 0.222 e. The lowest BCUT2D eigenvalue weighted by atomic mass is 10.1.